The summed E-state index contributed by atoms with van der Waals surface area (Å²) in [5.41, 5.74) is 0. The molecule has 6 nitrogen and oxygen atoms in total. The number of carbonyl (C=O) groups is 3. The minimum Gasteiger partial charge on any atom is -0.469 e. The van der Waals surface area contributed by atoms with E-state index in [4.69, 9.17) is 0 Å². The van der Waals surface area contributed by atoms with Gasteiger partial charge in [-0.3, -0.25) is 9.59 Å². The second kappa shape index (κ2) is 8.55. The van der Waals surface area contributed by atoms with E-state index in [1.807, 2.05) is 0 Å². The van der Waals surface area contributed by atoms with Gasteiger partial charge in [-0.1, -0.05) is 19.3 Å². The Morgan fingerprint density at radius 3 is 2.30 bits per heavy atom. The first-order chi connectivity index (χ1) is 9.58. The molecule has 20 heavy (non-hydrogen) atoms. The number of amides is 1. The normalized spacial score (nSPS) is 17.1. The molecule has 0 radical (unpaired) electrons. The highest BCUT2D eigenvalue weighted by Crippen LogP contribution is 2.23. The summed E-state index contributed by atoms with van der Waals surface area (Å²) < 4.78 is 9.19. The molecule has 1 saturated carbocycles. The maximum atomic E-state index is 12.1. The maximum Gasteiger partial charge on any atom is 0.328 e. The second-order valence-corrected chi connectivity index (χ2v) is 5.03. The van der Waals surface area contributed by atoms with Crippen molar-refractivity contribution in [2.24, 2.45) is 5.92 Å². The zero-order valence-electron chi connectivity index (χ0n) is 12.1. The molecule has 0 saturated heterocycles. The summed E-state index contributed by atoms with van der Waals surface area (Å²) in [6, 6.07) is -0.784. The number of carbonyl (C=O) groups excluding carboxylic acids is 3. The van der Waals surface area contributed by atoms with Gasteiger partial charge in [0.25, 0.3) is 0 Å². The van der Waals surface area contributed by atoms with Gasteiger partial charge in [-0.2, -0.15) is 0 Å². The zero-order valence-corrected chi connectivity index (χ0v) is 12.1. The Kier molecular flexibility index (Phi) is 7.04. The average molecular weight is 285 g/mol. The summed E-state index contributed by atoms with van der Waals surface area (Å²) in [7, 11) is 2.55. The van der Waals surface area contributed by atoms with Crippen molar-refractivity contribution in [2.75, 3.05) is 14.2 Å². The number of hydrogen-bond donors (Lipinski definition) is 1. The molecular weight excluding hydrogens is 262 g/mol. The van der Waals surface area contributed by atoms with E-state index < -0.39 is 18.0 Å². The summed E-state index contributed by atoms with van der Waals surface area (Å²) in [4.78, 5) is 34.9. The molecule has 6 heteroatoms. The molecule has 1 atom stereocenters. The highest BCUT2D eigenvalue weighted by atomic mass is 16.5. The molecule has 1 aliphatic carbocycles. The minimum atomic E-state index is -0.784. The third-order valence-electron chi connectivity index (χ3n) is 3.64. The lowest BCUT2D eigenvalue weighted by Crippen LogP contribution is -2.44. The van der Waals surface area contributed by atoms with E-state index in [9.17, 15) is 14.4 Å². The molecule has 1 aliphatic rings. The van der Waals surface area contributed by atoms with E-state index in [0.717, 1.165) is 32.1 Å². The number of rotatable bonds is 6. The first kappa shape index (κ1) is 16.5. The monoisotopic (exact) mass is 285 g/mol. The fraction of sp³-hybridized carbons (Fsp3) is 0.786. The summed E-state index contributed by atoms with van der Waals surface area (Å²) >= 11 is 0. The Morgan fingerprint density at radius 2 is 1.75 bits per heavy atom. The molecular formula is C14H23NO5. The van der Waals surface area contributed by atoms with Crippen LogP contribution < -0.4 is 5.32 Å². The summed E-state index contributed by atoms with van der Waals surface area (Å²) in [5, 5.41) is 2.70. The van der Waals surface area contributed by atoms with E-state index in [1.165, 1.54) is 14.2 Å². The molecule has 0 aromatic rings. The number of esters is 2. The van der Waals surface area contributed by atoms with Gasteiger partial charge in [0.1, 0.15) is 6.04 Å². The number of hydrogen-bond acceptors (Lipinski definition) is 5. The van der Waals surface area contributed by atoms with Gasteiger partial charge in [0, 0.05) is 12.3 Å². The molecule has 0 aliphatic heterocycles. The quantitative estimate of drug-likeness (QED) is 0.741. The summed E-state index contributed by atoms with van der Waals surface area (Å²) in [5.74, 6) is -1.09. The van der Waals surface area contributed by atoms with Crippen molar-refractivity contribution in [3.05, 3.63) is 0 Å². The third kappa shape index (κ3) is 5.19. The number of nitrogens with one attached hydrogen (secondary N) is 1. The van der Waals surface area contributed by atoms with Gasteiger partial charge in [0.2, 0.25) is 5.91 Å². The fourth-order valence-electron chi connectivity index (χ4n) is 2.41. The standard InChI is InChI=1S/C14H23NO5/c1-19-12(16)9-8-11(14(18)20-2)15-13(17)10-6-4-3-5-7-10/h10-11H,3-9H2,1-2H3,(H,15,17)/t11-/m1/s1. The Morgan fingerprint density at radius 1 is 1.10 bits per heavy atom. The number of ether oxygens (including phenoxy) is 2. The molecule has 0 aromatic carbocycles. The van der Waals surface area contributed by atoms with Crippen LogP contribution in [0.1, 0.15) is 44.9 Å². The van der Waals surface area contributed by atoms with Crippen LogP contribution in [0, 0.1) is 5.92 Å². The van der Waals surface area contributed by atoms with Gasteiger partial charge in [-0.25, -0.2) is 4.79 Å². The lowest BCUT2D eigenvalue weighted by atomic mass is 9.88. The fourth-order valence-corrected chi connectivity index (χ4v) is 2.41. The van der Waals surface area contributed by atoms with Crippen molar-refractivity contribution in [3.63, 3.8) is 0 Å². The SMILES string of the molecule is COC(=O)CC[C@@H](NC(=O)C1CCCCC1)C(=O)OC. The largest absolute Gasteiger partial charge is 0.469 e. The molecule has 0 unspecified atom stereocenters. The van der Waals surface area contributed by atoms with Crippen LogP contribution in [0.3, 0.4) is 0 Å². The first-order valence-corrected chi connectivity index (χ1v) is 7.03. The van der Waals surface area contributed by atoms with E-state index in [-0.39, 0.29) is 24.7 Å². The first-order valence-electron chi connectivity index (χ1n) is 7.03. The van der Waals surface area contributed by atoms with Crippen molar-refractivity contribution >= 4 is 17.8 Å². The summed E-state index contributed by atoms with van der Waals surface area (Å²) in [6.07, 6.45) is 5.23. The Bertz CT molecular complexity index is 349. The molecule has 1 rings (SSSR count). The van der Waals surface area contributed by atoms with Gasteiger partial charge in [-0.15, -0.1) is 0 Å². The zero-order chi connectivity index (χ0) is 15.0. The lowest BCUT2D eigenvalue weighted by molar-refractivity contribution is -0.147. The van der Waals surface area contributed by atoms with E-state index in [0.29, 0.717) is 0 Å². The van der Waals surface area contributed by atoms with Crippen LogP contribution in [0.2, 0.25) is 0 Å². The smallest absolute Gasteiger partial charge is 0.328 e. The second-order valence-electron chi connectivity index (χ2n) is 5.03. The molecule has 1 N–H and O–H groups in total. The Hall–Kier alpha value is -1.59. The van der Waals surface area contributed by atoms with Crippen LogP contribution in [0.4, 0.5) is 0 Å². The molecule has 1 fully saturated rings. The van der Waals surface area contributed by atoms with Crippen molar-refractivity contribution in [1.29, 1.82) is 0 Å². The van der Waals surface area contributed by atoms with Crippen LogP contribution in [0.15, 0.2) is 0 Å². The van der Waals surface area contributed by atoms with Gasteiger partial charge < -0.3 is 14.8 Å². The van der Waals surface area contributed by atoms with E-state index in [2.05, 4.69) is 14.8 Å². The lowest BCUT2D eigenvalue weighted by Gasteiger charge is -2.23. The topological polar surface area (TPSA) is 81.7 Å². The van der Waals surface area contributed by atoms with Gasteiger partial charge in [-0.05, 0) is 19.3 Å². The van der Waals surface area contributed by atoms with Crippen LogP contribution in [0.5, 0.6) is 0 Å². The minimum absolute atomic E-state index is 0.0333. The Labute approximate surface area is 119 Å². The predicted molar refractivity (Wildman–Crippen MR) is 71.8 cm³/mol. The highest BCUT2D eigenvalue weighted by Gasteiger charge is 2.27. The molecule has 0 spiro atoms. The van der Waals surface area contributed by atoms with Crippen molar-refractivity contribution in [2.45, 2.75) is 51.0 Å². The molecule has 0 heterocycles. The maximum absolute atomic E-state index is 12.1. The van der Waals surface area contributed by atoms with E-state index in [1.54, 1.807) is 0 Å². The van der Waals surface area contributed by atoms with Crippen molar-refractivity contribution in [3.8, 4) is 0 Å². The van der Waals surface area contributed by atoms with Gasteiger partial charge >= 0.3 is 11.9 Å². The average Bonchev–Trinajstić information content (AvgIpc) is 2.50. The highest BCUT2D eigenvalue weighted by molar-refractivity contribution is 5.86. The van der Waals surface area contributed by atoms with Crippen LogP contribution in [0.25, 0.3) is 0 Å². The molecule has 114 valence electrons. The number of methoxy groups -OCH3 is 2. The van der Waals surface area contributed by atoms with Crippen LogP contribution >= 0.6 is 0 Å². The van der Waals surface area contributed by atoms with Gasteiger partial charge in [0.15, 0.2) is 0 Å². The van der Waals surface area contributed by atoms with Crippen LogP contribution in [-0.4, -0.2) is 38.1 Å². The van der Waals surface area contributed by atoms with Gasteiger partial charge in [0.05, 0.1) is 14.2 Å². The third-order valence-corrected chi connectivity index (χ3v) is 3.64. The van der Waals surface area contributed by atoms with E-state index >= 15 is 0 Å². The Balaban J connectivity index is 2.52. The molecule has 0 aromatic heterocycles. The van der Waals surface area contributed by atoms with Crippen LogP contribution in [-0.2, 0) is 23.9 Å². The molecule has 0 bridgehead atoms. The molecule has 1 amide bonds. The summed E-state index contributed by atoms with van der Waals surface area (Å²) in [6.45, 7) is 0. The predicted octanol–water partition coefficient (Wildman–Crippen LogP) is 1.18. The van der Waals surface area contributed by atoms with Crippen molar-refractivity contribution in [1.82, 2.24) is 5.32 Å². The van der Waals surface area contributed by atoms with Crippen molar-refractivity contribution < 1.29 is 23.9 Å².